The molecule has 1 aromatic heterocycles. The number of benzene rings is 7. The van der Waals surface area contributed by atoms with Gasteiger partial charge >= 0.3 is 0 Å². The van der Waals surface area contributed by atoms with Gasteiger partial charge in [-0.1, -0.05) is 109 Å². The second-order valence-corrected chi connectivity index (χ2v) is 17.0. The maximum atomic E-state index is 16.3. The van der Waals surface area contributed by atoms with Crippen molar-refractivity contribution in [1.82, 2.24) is 0 Å². The number of thiophene rings is 1. The first-order chi connectivity index (χ1) is 24.5. The van der Waals surface area contributed by atoms with Crippen molar-refractivity contribution in [3.63, 3.8) is 0 Å². The van der Waals surface area contributed by atoms with Crippen molar-refractivity contribution in [3.05, 3.63) is 185 Å². The lowest BCUT2D eigenvalue weighted by molar-refractivity contribution is 0.435. The van der Waals surface area contributed by atoms with E-state index in [2.05, 4.69) is 97.1 Å². The molecule has 0 bridgehead atoms. The summed E-state index contributed by atoms with van der Waals surface area (Å²) in [6, 6.07) is 54.4. The Kier molecular flexibility index (Phi) is 6.22. The van der Waals surface area contributed by atoms with Gasteiger partial charge in [-0.15, -0.1) is 11.3 Å². The van der Waals surface area contributed by atoms with Gasteiger partial charge < -0.3 is 9.30 Å². The number of nitriles is 1. The summed E-state index contributed by atoms with van der Waals surface area (Å²) in [6.45, 7) is 2.01. The highest BCUT2D eigenvalue weighted by atomic mass is 32.1. The Morgan fingerprint density at radius 2 is 1.34 bits per heavy atom. The van der Waals surface area contributed by atoms with E-state index in [0.717, 1.165) is 76.4 Å². The predicted molar refractivity (Wildman–Crippen MR) is 206 cm³/mol. The molecule has 0 saturated carbocycles. The first kappa shape index (κ1) is 29.2. The molecule has 0 fully saturated rings. The van der Waals surface area contributed by atoms with E-state index in [0.29, 0.717) is 5.56 Å². The van der Waals surface area contributed by atoms with Gasteiger partial charge in [0, 0.05) is 47.2 Å². The molecule has 2 aliphatic rings. The van der Waals surface area contributed by atoms with Crippen molar-refractivity contribution >= 4 is 54.6 Å². The molecule has 0 radical (unpaired) electrons. The quantitative estimate of drug-likeness (QED) is 0.171. The van der Waals surface area contributed by atoms with E-state index in [1.165, 1.54) is 10.1 Å². The number of ether oxygens (including phenoxy) is 1. The van der Waals surface area contributed by atoms with E-state index >= 15 is 4.57 Å². The number of aryl methyl sites for hydroxylation is 1. The molecule has 3 nitrogen and oxygen atoms in total. The standard InChI is InChI=1S/C45H28NO2PS/c1-28-21-29(27-46)23-31(22-28)30-19-20-36-40(24-30)48-39-16-8-6-14-35(39)45(36)37-15-7-9-17-41(37)49(47,32-11-3-2-4-12-32)42-26-44-34(25-38(42)45)33-13-5-10-18-43(33)50-44/h2-26H,1H3. The van der Waals surface area contributed by atoms with Crippen LogP contribution < -0.4 is 20.7 Å². The summed E-state index contributed by atoms with van der Waals surface area (Å²) < 4.78 is 25.4. The largest absolute Gasteiger partial charge is 0.457 e. The molecule has 2 aliphatic heterocycles. The number of hydrogen-bond donors (Lipinski definition) is 0. The Morgan fingerprint density at radius 3 is 2.20 bits per heavy atom. The average Bonchev–Trinajstić information content (AvgIpc) is 3.53. The second kappa shape index (κ2) is 10.6. The van der Waals surface area contributed by atoms with Crippen LogP contribution in [0.5, 0.6) is 11.5 Å². The zero-order valence-corrected chi connectivity index (χ0v) is 28.8. The van der Waals surface area contributed by atoms with Crippen LogP contribution in [0.3, 0.4) is 0 Å². The third-order valence-corrected chi connectivity index (χ3v) is 14.7. The van der Waals surface area contributed by atoms with Crippen molar-refractivity contribution in [2.45, 2.75) is 12.3 Å². The molecule has 0 N–H and O–H groups in total. The fourth-order valence-electron chi connectivity index (χ4n) is 8.40. The van der Waals surface area contributed by atoms with E-state index in [1.807, 2.05) is 67.6 Å². The third-order valence-electron chi connectivity index (χ3n) is 10.4. The van der Waals surface area contributed by atoms with Crippen molar-refractivity contribution < 1.29 is 9.30 Å². The fraction of sp³-hybridized carbons (Fsp3) is 0.0444. The molecule has 3 heterocycles. The van der Waals surface area contributed by atoms with Crippen LogP contribution in [0.15, 0.2) is 152 Å². The van der Waals surface area contributed by atoms with E-state index in [-0.39, 0.29) is 0 Å². The van der Waals surface area contributed by atoms with Gasteiger partial charge in [-0.3, -0.25) is 0 Å². The molecule has 8 aromatic rings. The molecular formula is C45H28NO2PS. The SMILES string of the molecule is Cc1cc(C#N)cc(-c2ccc3c(c2)Oc2ccccc2C32c3ccccc3P(=O)(c3ccccc3)c3cc4sc5ccccc5c4cc32)c1. The molecule has 2 atom stereocenters. The van der Waals surface area contributed by atoms with Crippen LogP contribution in [0, 0.1) is 18.3 Å². The summed E-state index contributed by atoms with van der Waals surface area (Å²) in [7, 11) is -3.35. The zero-order valence-electron chi connectivity index (χ0n) is 27.1. The zero-order chi connectivity index (χ0) is 33.6. The summed E-state index contributed by atoms with van der Waals surface area (Å²) in [4.78, 5) is 0. The van der Waals surface area contributed by atoms with Gasteiger partial charge in [0.1, 0.15) is 11.5 Å². The van der Waals surface area contributed by atoms with E-state index in [4.69, 9.17) is 4.74 Å². The first-order valence-corrected chi connectivity index (χ1v) is 19.2. The second-order valence-electron chi connectivity index (χ2n) is 13.2. The molecule has 7 aromatic carbocycles. The topological polar surface area (TPSA) is 50.1 Å². The molecule has 0 saturated heterocycles. The van der Waals surface area contributed by atoms with Crippen LogP contribution >= 0.6 is 18.5 Å². The molecule has 5 heteroatoms. The molecular weight excluding hydrogens is 650 g/mol. The van der Waals surface area contributed by atoms with Gasteiger partial charge in [-0.25, -0.2) is 0 Å². The summed E-state index contributed by atoms with van der Waals surface area (Å²) in [6.07, 6.45) is 0. The Morgan fingerprint density at radius 1 is 0.600 bits per heavy atom. The smallest absolute Gasteiger partial charge is 0.171 e. The molecule has 50 heavy (non-hydrogen) atoms. The van der Waals surface area contributed by atoms with Gasteiger partial charge in [-0.05, 0) is 77.2 Å². The van der Waals surface area contributed by atoms with Gasteiger partial charge in [0.25, 0.3) is 0 Å². The number of nitrogens with zero attached hydrogens (tertiary/aromatic N) is 1. The normalized spacial score (nSPS) is 18.5. The molecule has 1 spiro atoms. The monoisotopic (exact) mass is 677 g/mol. The molecule has 236 valence electrons. The summed E-state index contributed by atoms with van der Waals surface area (Å²) in [5.41, 5.74) is 6.81. The number of para-hydroxylation sites is 1. The van der Waals surface area contributed by atoms with E-state index in [9.17, 15) is 5.26 Å². The van der Waals surface area contributed by atoms with Crippen LogP contribution in [0.2, 0.25) is 0 Å². The van der Waals surface area contributed by atoms with Crippen LogP contribution in [0.4, 0.5) is 0 Å². The number of hydrogen-bond acceptors (Lipinski definition) is 4. The Hall–Kier alpha value is -5.72. The van der Waals surface area contributed by atoms with Crippen LogP contribution in [0.1, 0.15) is 33.4 Å². The fourth-order valence-corrected chi connectivity index (χ4v) is 12.8. The minimum atomic E-state index is -3.35. The molecule has 2 unspecified atom stereocenters. The molecule has 10 rings (SSSR count). The summed E-state index contributed by atoms with van der Waals surface area (Å²) >= 11 is 1.75. The van der Waals surface area contributed by atoms with Crippen molar-refractivity contribution in [2.75, 3.05) is 0 Å². The molecule has 0 amide bonds. The molecule has 0 aliphatic carbocycles. The van der Waals surface area contributed by atoms with Crippen LogP contribution in [-0.2, 0) is 9.98 Å². The third kappa shape index (κ3) is 3.88. The Balaban J connectivity index is 1.37. The predicted octanol–water partition coefficient (Wildman–Crippen LogP) is 10.3. The number of fused-ring (bicyclic) bond motifs is 11. The van der Waals surface area contributed by atoms with Crippen molar-refractivity contribution in [1.29, 1.82) is 5.26 Å². The summed E-state index contributed by atoms with van der Waals surface area (Å²) in [5.74, 6) is 1.51. The highest BCUT2D eigenvalue weighted by Crippen LogP contribution is 2.62. The lowest BCUT2D eigenvalue weighted by Crippen LogP contribution is -2.47. The van der Waals surface area contributed by atoms with E-state index < -0.39 is 12.6 Å². The Bertz CT molecular complexity index is 2810. The van der Waals surface area contributed by atoms with Gasteiger partial charge in [0.05, 0.1) is 17.0 Å². The van der Waals surface area contributed by atoms with E-state index in [1.54, 1.807) is 11.3 Å². The minimum absolute atomic E-state index is 0.624. The minimum Gasteiger partial charge on any atom is -0.457 e. The maximum Gasteiger partial charge on any atom is 0.171 e. The van der Waals surface area contributed by atoms with Gasteiger partial charge in [0.15, 0.2) is 7.14 Å². The highest BCUT2D eigenvalue weighted by Gasteiger charge is 2.54. The van der Waals surface area contributed by atoms with Gasteiger partial charge in [0.2, 0.25) is 0 Å². The maximum absolute atomic E-state index is 16.3. The Labute approximate surface area is 294 Å². The highest BCUT2D eigenvalue weighted by molar-refractivity contribution is 7.85. The lowest BCUT2D eigenvalue weighted by atomic mass is 9.63. The lowest BCUT2D eigenvalue weighted by Gasteiger charge is -2.47. The van der Waals surface area contributed by atoms with Crippen LogP contribution in [-0.4, -0.2) is 0 Å². The number of rotatable bonds is 2. The average molecular weight is 678 g/mol. The van der Waals surface area contributed by atoms with Crippen LogP contribution in [0.25, 0.3) is 31.3 Å². The van der Waals surface area contributed by atoms with Crippen molar-refractivity contribution in [3.8, 4) is 28.7 Å². The summed E-state index contributed by atoms with van der Waals surface area (Å²) in [5, 5.41) is 14.6. The van der Waals surface area contributed by atoms with Crippen molar-refractivity contribution in [2.24, 2.45) is 0 Å². The first-order valence-electron chi connectivity index (χ1n) is 16.7. The van der Waals surface area contributed by atoms with Gasteiger partial charge in [-0.2, -0.15) is 5.26 Å².